The van der Waals surface area contributed by atoms with Gasteiger partial charge in [-0.25, -0.2) is 13.2 Å². The van der Waals surface area contributed by atoms with Crippen LogP contribution in [-0.4, -0.2) is 44.3 Å². The van der Waals surface area contributed by atoms with Crippen molar-refractivity contribution in [2.24, 2.45) is 0 Å². The van der Waals surface area contributed by atoms with E-state index < -0.39 is 16.1 Å². The van der Waals surface area contributed by atoms with Gasteiger partial charge in [0.15, 0.2) is 0 Å². The first-order valence-electron chi connectivity index (χ1n) is 9.96. The molecule has 1 fully saturated rings. The zero-order valence-electron chi connectivity index (χ0n) is 16.6. The molecule has 3 N–H and O–H groups in total. The number of nitrogens with zero attached hydrogens (tertiary/aromatic N) is 1. The van der Waals surface area contributed by atoms with Crippen LogP contribution in [0.25, 0.3) is 0 Å². The highest BCUT2D eigenvalue weighted by molar-refractivity contribution is 7.89. The Hall–Kier alpha value is -2.91. The Morgan fingerprint density at radius 2 is 1.53 bits per heavy atom. The maximum absolute atomic E-state index is 13.0. The number of rotatable bonds is 7. The molecule has 0 spiro atoms. The topological polar surface area (TPSA) is 108 Å². The molecule has 8 nitrogen and oxygen atoms in total. The van der Waals surface area contributed by atoms with Gasteiger partial charge in [0.2, 0.25) is 15.9 Å². The van der Waals surface area contributed by atoms with Crippen molar-refractivity contribution < 1.29 is 18.0 Å². The fourth-order valence-electron chi connectivity index (χ4n) is 3.24. The fraction of sp³-hybridized carbons (Fsp3) is 0.333. The first-order chi connectivity index (χ1) is 14.5. The van der Waals surface area contributed by atoms with Crippen molar-refractivity contribution in [1.29, 1.82) is 0 Å². The zero-order chi connectivity index (χ0) is 21.4. The second kappa shape index (κ2) is 10.2. The molecule has 3 rings (SSSR count). The maximum Gasteiger partial charge on any atom is 0.319 e. The number of carbonyl (C=O) groups excluding carboxylic acids is 2. The minimum absolute atomic E-state index is 0.0142. The number of anilines is 2. The van der Waals surface area contributed by atoms with Gasteiger partial charge in [0, 0.05) is 31.7 Å². The van der Waals surface area contributed by atoms with E-state index >= 15 is 0 Å². The molecule has 30 heavy (non-hydrogen) atoms. The van der Waals surface area contributed by atoms with E-state index in [-0.39, 0.29) is 29.5 Å². The fourth-order valence-corrected chi connectivity index (χ4v) is 4.90. The van der Waals surface area contributed by atoms with Crippen molar-refractivity contribution in [3.8, 4) is 0 Å². The Labute approximate surface area is 176 Å². The lowest BCUT2D eigenvalue weighted by Crippen LogP contribution is -2.36. The maximum atomic E-state index is 13.0. The van der Waals surface area contributed by atoms with Crippen molar-refractivity contribution in [3.05, 3.63) is 54.6 Å². The summed E-state index contributed by atoms with van der Waals surface area (Å²) in [5.74, 6) is -0.378. The summed E-state index contributed by atoms with van der Waals surface area (Å²) in [4.78, 5) is 24.3. The van der Waals surface area contributed by atoms with E-state index in [1.165, 1.54) is 10.4 Å². The van der Waals surface area contributed by atoms with Crippen molar-refractivity contribution in [3.63, 3.8) is 0 Å². The van der Waals surface area contributed by atoms with Gasteiger partial charge in [-0.3, -0.25) is 4.79 Å². The molecule has 3 amide bonds. The SMILES string of the molecule is O=C(CCNC(=O)Nc1ccccc1)Nc1ccccc1S(=O)(=O)N1CCCCC1. The molecule has 0 aromatic heterocycles. The minimum atomic E-state index is -3.67. The Kier molecular flexibility index (Phi) is 7.42. The molecule has 9 heteroatoms. The van der Waals surface area contributed by atoms with Crippen molar-refractivity contribution in [1.82, 2.24) is 9.62 Å². The van der Waals surface area contributed by atoms with Crippen LogP contribution in [0.2, 0.25) is 0 Å². The number of carbonyl (C=O) groups is 2. The molecule has 0 unspecified atom stereocenters. The Morgan fingerprint density at radius 1 is 0.867 bits per heavy atom. The summed E-state index contributed by atoms with van der Waals surface area (Å²) < 4.78 is 27.4. The first kappa shape index (κ1) is 21.8. The monoisotopic (exact) mass is 430 g/mol. The molecule has 1 aliphatic rings. The molecule has 0 atom stereocenters. The average Bonchev–Trinajstić information content (AvgIpc) is 2.75. The highest BCUT2D eigenvalue weighted by atomic mass is 32.2. The largest absolute Gasteiger partial charge is 0.337 e. The van der Waals surface area contributed by atoms with Crippen LogP contribution in [0, 0.1) is 0 Å². The quantitative estimate of drug-likeness (QED) is 0.627. The van der Waals surface area contributed by atoms with E-state index in [9.17, 15) is 18.0 Å². The predicted molar refractivity (Wildman–Crippen MR) is 116 cm³/mol. The minimum Gasteiger partial charge on any atom is -0.337 e. The second-order valence-electron chi connectivity index (χ2n) is 7.01. The smallest absolute Gasteiger partial charge is 0.319 e. The molecule has 1 heterocycles. The molecule has 0 saturated carbocycles. The van der Waals surface area contributed by atoms with Gasteiger partial charge in [-0.1, -0.05) is 36.8 Å². The molecular formula is C21H26N4O4S. The normalized spacial score (nSPS) is 14.7. The van der Waals surface area contributed by atoms with E-state index in [4.69, 9.17) is 0 Å². The van der Waals surface area contributed by atoms with Crippen molar-refractivity contribution in [2.75, 3.05) is 30.3 Å². The van der Waals surface area contributed by atoms with Crippen LogP contribution < -0.4 is 16.0 Å². The number of hydrogen-bond donors (Lipinski definition) is 3. The Bertz CT molecular complexity index is 974. The summed E-state index contributed by atoms with van der Waals surface area (Å²) >= 11 is 0. The first-order valence-corrected chi connectivity index (χ1v) is 11.4. The van der Waals surface area contributed by atoms with Gasteiger partial charge in [-0.2, -0.15) is 4.31 Å². The van der Waals surface area contributed by atoms with Crippen LogP contribution in [0.5, 0.6) is 0 Å². The number of urea groups is 1. The number of piperidine rings is 1. The van der Waals surface area contributed by atoms with Gasteiger partial charge in [0.25, 0.3) is 0 Å². The molecule has 0 radical (unpaired) electrons. The highest BCUT2D eigenvalue weighted by Crippen LogP contribution is 2.26. The summed E-state index contributed by atoms with van der Waals surface area (Å²) in [6, 6.07) is 14.9. The van der Waals surface area contributed by atoms with Crippen LogP contribution in [0.1, 0.15) is 25.7 Å². The molecule has 2 aromatic carbocycles. The number of hydrogen-bond acceptors (Lipinski definition) is 4. The van der Waals surface area contributed by atoms with E-state index in [1.54, 1.807) is 42.5 Å². The number of para-hydroxylation sites is 2. The zero-order valence-corrected chi connectivity index (χ0v) is 17.5. The number of nitrogens with one attached hydrogen (secondary N) is 3. The lowest BCUT2D eigenvalue weighted by molar-refractivity contribution is -0.116. The lowest BCUT2D eigenvalue weighted by atomic mass is 10.2. The van der Waals surface area contributed by atoms with Crippen LogP contribution >= 0.6 is 0 Å². The van der Waals surface area contributed by atoms with Crippen molar-refractivity contribution >= 4 is 33.3 Å². The van der Waals surface area contributed by atoms with E-state index in [2.05, 4.69) is 16.0 Å². The van der Waals surface area contributed by atoms with Crippen LogP contribution in [0.15, 0.2) is 59.5 Å². The number of benzene rings is 2. The summed E-state index contributed by atoms with van der Waals surface area (Å²) in [6.45, 7) is 1.10. The lowest BCUT2D eigenvalue weighted by Gasteiger charge is -2.26. The molecule has 1 saturated heterocycles. The van der Waals surface area contributed by atoms with E-state index in [0.717, 1.165) is 19.3 Å². The Balaban J connectivity index is 1.55. The van der Waals surface area contributed by atoms with E-state index in [0.29, 0.717) is 18.8 Å². The standard InChI is InChI=1S/C21H26N4O4S/c26-20(13-14-22-21(27)23-17-9-3-1-4-10-17)24-18-11-5-6-12-19(18)30(28,29)25-15-7-2-8-16-25/h1,3-6,9-12H,2,7-8,13-16H2,(H,24,26)(H2,22,23,27). The van der Waals surface area contributed by atoms with Crippen molar-refractivity contribution in [2.45, 2.75) is 30.6 Å². The molecule has 0 aliphatic carbocycles. The summed E-state index contributed by atoms with van der Waals surface area (Å²) in [6.07, 6.45) is 2.71. The van der Waals surface area contributed by atoms with Gasteiger partial charge in [-0.05, 0) is 37.1 Å². The summed E-state index contributed by atoms with van der Waals surface area (Å²) in [7, 11) is -3.67. The third-order valence-electron chi connectivity index (χ3n) is 4.76. The number of sulfonamides is 1. The molecule has 160 valence electrons. The number of amides is 3. The molecule has 2 aromatic rings. The third kappa shape index (κ3) is 5.80. The molecule has 0 bridgehead atoms. The van der Waals surface area contributed by atoms with Crippen LogP contribution in [0.3, 0.4) is 0 Å². The van der Waals surface area contributed by atoms with Gasteiger partial charge < -0.3 is 16.0 Å². The van der Waals surface area contributed by atoms with Gasteiger partial charge >= 0.3 is 6.03 Å². The van der Waals surface area contributed by atoms with Gasteiger partial charge in [0.1, 0.15) is 4.90 Å². The Morgan fingerprint density at radius 3 is 2.27 bits per heavy atom. The molecular weight excluding hydrogens is 404 g/mol. The predicted octanol–water partition coefficient (Wildman–Crippen LogP) is 3.01. The summed E-state index contributed by atoms with van der Waals surface area (Å²) in [5, 5.41) is 7.93. The highest BCUT2D eigenvalue weighted by Gasteiger charge is 2.28. The second-order valence-corrected chi connectivity index (χ2v) is 8.91. The van der Waals surface area contributed by atoms with E-state index in [1.807, 2.05) is 6.07 Å². The van der Waals surface area contributed by atoms with Crippen LogP contribution in [0.4, 0.5) is 16.2 Å². The molecule has 1 aliphatic heterocycles. The van der Waals surface area contributed by atoms with Crippen LogP contribution in [-0.2, 0) is 14.8 Å². The summed E-state index contributed by atoms with van der Waals surface area (Å²) in [5.41, 5.74) is 0.901. The van der Waals surface area contributed by atoms with Gasteiger partial charge in [-0.15, -0.1) is 0 Å². The third-order valence-corrected chi connectivity index (χ3v) is 6.72. The van der Waals surface area contributed by atoms with Gasteiger partial charge in [0.05, 0.1) is 5.69 Å². The average molecular weight is 431 g/mol.